The molecule has 1 fully saturated rings. The predicted octanol–water partition coefficient (Wildman–Crippen LogP) is 3.90. The van der Waals surface area contributed by atoms with Gasteiger partial charge in [0, 0.05) is 0 Å². The molecule has 1 heteroatoms. The minimum Gasteiger partial charge on any atom is -0.393 e. The molecule has 0 bridgehead atoms. The fourth-order valence-electron chi connectivity index (χ4n) is 3.89. The first-order valence-corrected chi connectivity index (χ1v) is 7.53. The van der Waals surface area contributed by atoms with Crippen molar-refractivity contribution in [2.75, 3.05) is 0 Å². The number of benzene rings is 1. The van der Waals surface area contributed by atoms with E-state index in [4.69, 9.17) is 0 Å². The first-order valence-electron chi connectivity index (χ1n) is 7.53. The molecule has 0 aliphatic heterocycles. The highest BCUT2D eigenvalue weighted by Gasteiger charge is 2.33. The molecule has 1 aromatic carbocycles. The molecule has 1 aromatic rings. The third kappa shape index (κ3) is 2.21. The molecule has 1 saturated carbocycles. The molecule has 0 amide bonds. The number of hydrogen-bond donors (Lipinski definition) is 1. The lowest BCUT2D eigenvalue weighted by molar-refractivity contribution is 0.0894. The maximum absolute atomic E-state index is 10.4. The second-order valence-corrected chi connectivity index (χ2v) is 6.25. The summed E-state index contributed by atoms with van der Waals surface area (Å²) in [5.74, 6) is 2.07. The zero-order chi connectivity index (χ0) is 12.5. The molecule has 0 saturated heterocycles. The molecule has 4 atom stereocenters. The lowest BCUT2D eigenvalue weighted by atomic mass is 9.73. The summed E-state index contributed by atoms with van der Waals surface area (Å²) in [6.45, 7) is 2.28. The van der Waals surface area contributed by atoms with Crippen LogP contribution in [0.3, 0.4) is 0 Å². The van der Waals surface area contributed by atoms with Crippen LogP contribution >= 0.6 is 0 Å². The number of fused-ring (bicyclic) bond motifs is 1. The molecular formula is C17H24O. The Morgan fingerprint density at radius 2 is 2.11 bits per heavy atom. The fraction of sp³-hybridized carbons (Fsp3) is 0.647. The van der Waals surface area contributed by atoms with Gasteiger partial charge < -0.3 is 5.11 Å². The highest BCUT2D eigenvalue weighted by Crippen LogP contribution is 2.42. The van der Waals surface area contributed by atoms with Crippen LogP contribution in [-0.2, 0) is 6.42 Å². The quantitative estimate of drug-likeness (QED) is 0.851. The third-order valence-corrected chi connectivity index (χ3v) is 5.19. The Bertz CT molecular complexity index is 412. The molecule has 1 N–H and O–H groups in total. The van der Waals surface area contributed by atoms with Crippen LogP contribution in [0.4, 0.5) is 0 Å². The Balaban J connectivity index is 1.56. The fourth-order valence-corrected chi connectivity index (χ4v) is 3.89. The van der Waals surface area contributed by atoms with E-state index in [1.165, 1.54) is 43.2 Å². The second kappa shape index (κ2) is 5.05. The average Bonchev–Trinajstić information content (AvgIpc) is 2.84. The van der Waals surface area contributed by atoms with Crippen LogP contribution in [-0.4, -0.2) is 11.2 Å². The Morgan fingerprint density at radius 3 is 2.83 bits per heavy atom. The summed E-state index contributed by atoms with van der Waals surface area (Å²) in [6.07, 6.45) is 7.21. The highest BCUT2D eigenvalue weighted by molar-refractivity contribution is 5.39. The topological polar surface area (TPSA) is 20.2 Å². The molecule has 98 valence electrons. The summed E-state index contributed by atoms with van der Waals surface area (Å²) >= 11 is 0. The summed E-state index contributed by atoms with van der Waals surface area (Å²) in [6, 6.07) is 8.70. The van der Waals surface area contributed by atoms with Crippen LogP contribution in [0.15, 0.2) is 24.3 Å². The van der Waals surface area contributed by atoms with Crippen molar-refractivity contribution in [2.45, 2.75) is 57.5 Å². The SMILES string of the molecule is CCC1CCC(C(O)CC2Cc3ccccc32)C1. The van der Waals surface area contributed by atoms with E-state index in [1.54, 1.807) is 0 Å². The summed E-state index contributed by atoms with van der Waals surface area (Å²) in [5, 5.41) is 10.4. The van der Waals surface area contributed by atoms with Crippen molar-refractivity contribution < 1.29 is 5.11 Å². The monoisotopic (exact) mass is 244 g/mol. The van der Waals surface area contributed by atoms with E-state index in [9.17, 15) is 5.11 Å². The van der Waals surface area contributed by atoms with Gasteiger partial charge in [-0.2, -0.15) is 0 Å². The van der Waals surface area contributed by atoms with E-state index in [0.29, 0.717) is 11.8 Å². The van der Waals surface area contributed by atoms with Crippen molar-refractivity contribution in [3.8, 4) is 0 Å². The van der Waals surface area contributed by atoms with Crippen molar-refractivity contribution in [1.29, 1.82) is 0 Å². The second-order valence-electron chi connectivity index (χ2n) is 6.25. The molecule has 0 radical (unpaired) electrons. The third-order valence-electron chi connectivity index (χ3n) is 5.19. The van der Waals surface area contributed by atoms with E-state index in [2.05, 4.69) is 31.2 Å². The number of aliphatic hydroxyl groups excluding tert-OH is 1. The van der Waals surface area contributed by atoms with Gasteiger partial charge in [-0.25, -0.2) is 0 Å². The minimum absolute atomic E-state index is 0.0695. The van der Waals surface area contributed by atoms with Gasteiger partial charge in [0.1, 0.15) is 0 Å². The van der Waals surface area contributed by atoms with Crippen molar-refractivity contribution in [1.82, 2.24) is 0 Å². The van der Waals surface area contributed by atoms with Crippen LogP contribution in [0.5, 0.6) is 0 Å². The van der Waals surface area contributed by atoms with E-state index in [0.717, 1.165) is 12.3 Å². The van der Waals surface area contributed by atoms with Gasteiger partial charge in [-0.3, -0.25) is 0 Å². The molecule has 4 unspecified atom stereocenters. The summed E-state index contributed by atoms with van der Waals surface area (Å²) < 4.78 is 0. The summed E-state index contributed by atoms with van der Waals surface area (Å²) in [7, 11) is 0. The molecule has 2 aliphatic rings. The van der Waals surface area contributed by atoms with Crippen LogP contribution in [0.1, 0.15) is 56.1 Å². The van der Waals surface area contributed by atoms with E-state index >= 15 is 0 Å². The maximum Gasteiger partial charge on any atom is 0.0574 e. The van der Waals surface area contributed by atoms with E-state index in [-0.39, 0.29) is 6.10 Å². The Labute approximate surface area is 110 Å². The van der Waals surface area contributed by atoms with Gasteiger partial charge in [0.05, 0.1) is 6.10 Å². The Kier molecular flexibility index (Phi) is 3.43. The van der Waals surface area contributed by atoms with Gasteiger partial charge in [0.15, 0.2) is 0 Å². The smallest absolute Gasteiger partial charge is 0.0574 e. The van der Waals surface area contributed by atoms with Crippen molar-refractivity contribution in [3.05, 3.63) is 35.4 Å². The molecule has 1 nitrogen and oxygen atoms in total. The van der Waals surface area contributed by atoms with Gasteiger partial charge in [-0.1, -0.05) is 44.0 Å². The van der Waals surface area contributed by atoms with Crippen molar-refractivity contribution in [3.63, 3.8) is 0 Å². The largest absolute Gasteiger partial charge is 0.393 e. The number of aliphatic hydroxyl groups is 1. The van der Waals surface area contributed by atoms with Gasteiger partial charge >= 0.3 is 0 Å². The minimum atomic E-state index is -0.0695. The molecule has 0 heterocycles. The predicted molar refractivity (Wildman–Crippen MR) is 74.6 cm³/mol. The number of hydrogen-bond acceptors (Lipinski definition) is 1. The van der Waals surface area contributed by atoms with Gasteiger partial charge in [-0.05, 0) is 54.6 Å². The molecule has 2 aliphatic carbocycles. The normalized spacial score (nSPS) is 31.8. The van der Waals surface area contributed by atoms with Gasteiger partial charge in [-0.15, -0.1) is 0 Å². The van der Waals surface area contributed by atoms with Crippen LogP contribution in [0, 0.1) is 11.8 Å². The average molecular weight is 244 g/mol. The first kappa shape index (κ1) is 12.2. The van der Waals surface area contributed by atoms with Crippen LogP contribution < -0.4 is 0 Å². The van der Waals surface area contributed by atoms with E-state index in [1.807, 2.05) is 0 Å². The number of rotatable bonds is 4. The van der Waals surface area contributed by atoms with Crippen LogP contribution in [0.25, 0.3) is 0 Å². The standard InChI is InChI=1S/C17H24O/c1-2-12-7-8-14(9-12)17(18)11-15-10-13-5-3-4-6-16(13)15/h3-6,12,14-15,17-18H,2,7-11H2,1H3. The Hall–Kier alpha value is -0.820. The zero-order valence-electron chi connectivity index (χ0n) is 11.3. The molecular weight excluding hydrogens is 220 g/mol. The van der Waals surface area contributed by atoms with Gasteiger partial charge in [0.25, 0.3) is 0 Å². The molecule has 3 rings (SSSR count). The maximum atomic E-state index is 10.4. The van der Waals surface area contributed by atoms with Crippen molar-refractivity contribution in [2.24, 2.45) is 11.8 Å². The molecule has 0 spiro atoms. The van der Waals surface area contributed by atoms with Crippen LogP contribution in [0.2, 0.25) is 0 Å². The highest BCUT2D eigenvalue weighted by atomic mass is 16.3. The lowest BCUT2D eigenvalue weighted by Crippen LogP contribution is -2.26. The zero-order valence-corrected chi connectivity index (χ0v) is 11.3. The summed E-state index contributed by atoms with van der Waals surface area (Å²) in [5.41, 5.74) is 2.98. The lowest BCUT2D eigenvalue weighted by Gasteiger charge is -2.33. The first-order chi connectivity index (χ1) is 8.78. The molecule has 18 heavy (non-hydrogen) atoms. The summed E-state index contributed by atoms with van der Waals surface area (Å²) in [4.78, 5) is 0. The van der Waals surface area contributed by atoms with Gasteiger partial charge in [0.2, 0.25) is 0 Å². The Morgan fingerprint density at radius 1 is 1.28 bits per heavy atom. The van der Waals surface area contributed by atoms with E-state index < -0.39 is 0 Å². The molecule has 0 aromatic heterocycles. The van der Waals surface area contributed by atoms with Crippen molar-refractivity contribution >= 4 is 0 Å².